The molecule has 0 spiro atoms. The van der Waals surface area contributed by atoms with Crippen molar-refractivity contribution in [2.45, 2.75) is 19.0 Å². The number of nitrogens with zero attached hydrogens (tertiary/aromatic N) is 2. The van der Waals surface area contributed by atoms with Gasteiger partial charge in [0.05, 0.1) is 0 Å². The van der Waals surface area contributed by atoms with Crippen LogP contribution in [0.2, 0.25) is 0 Å². The maximum Gasteiger partial charge on any atom is 0.471 e. The number of hydrogen-bond acceptors (Lipinski definition) is 2. The average Bonchev–Trinajstić information content (AvgIpc) is 2.53. The van der Waals surface area contributed by atoms with E-state index >= 15 is 0 Å². The summed E-state index contributed by atoms with van der Waals surface area (Å²) in [6.45, 7) is -0.0885. The number of amides is 2. The minimum atomic E-state index is -4.85. The lowest BCUT2D eigenvalue weighted by atomic mass is 9.95. The van der Waals surface area contributed by atoms with Gasteiger partial charge in [0.15, 0.2) is 0 Å². The van der Waals surface area contributed by atoms with Crippen LogP contribution in [-0.4, -0.2) is 43.0 Å². The smallest absolute Gasteiger partial charge is 0.335 e. The first kappa shape index (κ1) is 16.3. The van der Waals surface area contributed by atoms with E-state index in [1.54, 1.807) is 19.2 Å². The van der Waals surface area contributed by atoms with E-state index in [0.29, 0.717) is 0 Å². The molecule has 120 valence electrons. The van der Waals surface area contributed by atoms with Gasteiger partial charge in [0.2, 0.25) is 5.91 Å². The van der Waals surface area contributed by atoms with Crippen LogP contribution in [0.3, 0.4) is 0 Å². The second kappa shape index (κ2) is 6.37. The van der Waals surface area contributed by atoms with Gasteiger partial charge >= 0.3 is 12.1 Å². The Hall–Kier alpha value is -2.05. The first-order chi connectivity index (χ1) is 10.3. The molecule has 1 aromatic carbocycles. The molecule has 7 heteroatoms. The van der Waals surface area contributed by atoms with Crippen molar-refractivity contribution in [3.63, 3.8) is 0 Å². The SMILES string of the molecule is CN(C(=O)C1CCN(C(=O)C(F)(F)F)CC1)c1ccccc1. The number of benzene rings is 1. The van der Waals surface area contributed by atoms with E-state index in [4.69, 9.17) is 0 Å². The highest BCUT2D eigenvalue weighted by Gasteiger charge is 2.43. The minimum absolute atomic E-state index is 0.0443. The number of carbonyl (C=O) groups excluding carboxylic acids is 2. The predicted octanol–water partition coefficient (Wildman–Crippen LogP) is 2.45. The Morgan fingerprint density at radius 3 is 2.18 bits per heavy atom. The Kier molecular flexibility index (Phi) is 4.73. The number of likely N-dealkylation sites (tertiary alicyclic amines) is 1. The highest BCUT2D eigenvalue weighted by atomic mass is 19.4. The number of piperidine rings is 1. The first-order valence-electron chi connectivity index (χ1n) is 6.99. The predicted molar refractivity (Wildman–Crippen MR) is 75.2 cm³/mol. The van der Waals surface area contributed by atoms with Gasteiger partial charge in [-0.15, -0.1) is 0 Å². The van der Waals surface area contributed by atoms with Crippen molar-refractivity contribution in [1.82, 2.24) is 4.90 Å². The van der Waals surface area contributed by atoms with Crippen LogP contribution in [0.25, 0.3) is 0 Å². The third-order valence-electron chi connectivity index (χ3n) is 3.85. The number of halogens is 3. The summed E-state index contributed by atoms with van der Waals surface area (Å²) in [6, 6.07) is 9.04. The molecule has 2 rings (SSSR count). The summed E-state index contributed by atoms with van der Waals surface area (Å²) in [4.78, 5) is 25.8. The number of para-hydroxylation sites is 1. The lowest BCUT2D eigenvalue weighted by Crippen LogP contribution is -2.47. The highest BCUT2D eigenvalue weighted by Crippen LogP contribution is 2.26. The van der Waals surface area contributed by atoms with Crippen LogP contribution in [0.15, 0.2) is 30.3 Å². The number of alkyl halides is 3. The van der Waals surface area contributed by atoms with Crippen molar-refractivity contribution in [2.75, 3.05) is 25.0 Å². The Morgan fingerprint density at radius 1 is 1.14 bits per heavy atom. The fourth-order valence-electron chi connectivity index (χ4n) is 2.56. The molecule has 1 fully saturated rings. The minimum Gasteiger partial charge on any atom is -0.335 e. The summed E-state index contributed by atoms with van der Waals surface area (Å²) in [5, 5.41) is 0. The maximum absolute atomic E-state index is 12.4. The first-order valence-corrected chi connectivity index (χ1v) is 6.99. The molecular weight excluding hydrogens is 297 g/mol. The van der Waals surface area contributed by atoms with Crippen LogP contribution in [0, 0.1) is 5.92 Å². The lowest BCUT2D eigenvalue weighted by molar-refractivity contribution is -0.186. The van der Waals surface area contributed by atoms with Crippen molar-refractivity contribution < 1.29 is 22.8 Å². The van der Waals surface area contributed by atoms with E-state index in [-0.39, 0.29) is 37.8 Å². The Bertz CT molecular complexity index is 537. The van der Waals surface area contributed by atoms with Crippen LogP contribution in [-0.2, 0) is 9.59 Å². The zero-order valence-corrected chi connectivity index (χ0v) is 12.1. The lowest BCUT2D eigenvalue weighted by Gasteiger charge is -2.33. The van der Waals surface area contributed by atoms with Crippen molar-refractivity contribution in [2.24, 2.45) is 5.92 Å². The van der Waals surface area contributed by atoms with Crippen LogP contribution >= 0.6 is 0 Å². The molecule has 0 radical (unpaired) electrons. The van der Waals surface area contributed by atoms with E-state index < -0.39 is 12.1 Å². The molecule has 0 atom stereocenters. The Labute approximate surface area is 126 Å². The van der Waals surface area contributed by atoms with E-state index in [9.17, 15) is 22.8 Å². The molecule has 1 aromatic rings. The summed E-state index contributed by atoms with van der Waals surface area (Å²) < 4.78 is 37.1. The molecule has 22 heavy (non-hydrogen) atoms. The zero-order valence-electron chi connectivity index (χ0n) is 12.1. The largest absolute Gasteiger partial charge is 0.471 e. The molecule has 0 unspecified atom stereocenters. The van der Waals surface area contributed by atoms with E-state index in [1.807, 2.05) is 18.2 Å². The molecule has 0 N–H and O–H groups in total. The van der Waals surface area contributed by atoms with Gasteiger partial charge < -0.3 is 9.80 Å². The summed E-state index contributed by atoms with van der Waals surface area (Å²) in [5.41, 5.74) is 0.737. The maximum atomic E-state index is 12.4. The number of anilines is 1. The normalized spacial score (nSPS) is 16.5. The number of rotatable bonds is 2. The molecule has 0 saturated carbocycles. The topological polar surface area (TPSA) is 40.6 Å². The average molecular weight is 314 g/mol. The Balaban J connectivity index is 1.94. The van der Waals surface area contributed by atoms with Crippen LogP contribution < -0.4 is 4.90 Å². The second-order valence-corrected chi connectivity index (χ2v) is 5.30. The van der Waals surface area contributed by atoms with Crippen molar-refractivity contribution in [3.8, 4) is 0 Å². The molecule has 2 amide bonds. The molecule has 1 saturated heterocycles. The molecule has 0 aliphatic carbocycles. The molecule has 0 aromatic heterocycles. The fourth-order valence-corrected chi connectivity index (χ4v) is 2.56. The third-order valence-corrected chi connectivity index (χ3v) is 3.85. The van der Waals surface area contributed by atoms with Gasteiger partial charge in [-0.3, -0.25) is 9.59 Å². The van der Waals surface area contributed by atoms with Crippen LogP contribution in [0.1, 0.15) is 12.8 Å². The highest BCUT2D eigenvalue weighted by molar-refractivity contribution is 5.94. The monoisotopic (exact) mass is 314 g/mol. The van der Waals surface area contributed by atoms with Gasteiger partial charge in [-0.25, -0.2) is 0 Å². The van der Waals surface area contributed by atoms with Crippen molar-refractivity contribution in [1.29, 1.82) is 0 Å². The summed E-state index contributed by atoms with van der Waals surface area (Å²) >= 11 is 0. The van der Waals surface area contributed by atoms with Crippen LogP contribution in [0.5, 0.6) is 0 Å². The summed E-state index contributed by atoms with van der Waals surface area (Å²) in [7, 11) is 1.64. The quantitative estimate of drug-likeness (QED) is 0.841. The molecule has 0 bridgehead atoms. The molecular formula is C15H17F3N2O2. The second-order valence-electron chi connectivity index (χ2n) is 5.30. The van der Waals surface area contributed by atoms with Crippen molar-refractivity contribution >= 4 is 17.5 Å². The van der Waals surface area contributed by atoms with E-state index in [0.717, 1.165) is 10.6 Å². The summed E-state index contributed by atoms with van der Waals surface area (Å²) in [5.74, 6) is -2.32. The summed E-state index contributed by atoms with van der Waals surface area (Å²) in [6.07, 6.45) is -4.35. The van der Waals surface area contributed by atoms with E-state index in [1.165, 1.54) is 4.90 Å². The van der Waals surface area contributed by atoms with Gasteiger partial charge in [0.1, 0.15) is 0 Å². The molecule has 1 aliphatic heterocycles. The van der Waals surface area contributed by atoms with Crippen LogP contribution in [0.4, 0.5) is 18.9 Å². The molecule has 1 aliphatic rings. The van der Waals surface area contributed by atoms with Gasteiger partial charge in [-0.05, 0) is 25.0 Å². The van der Waals surface area contributed by atoms with Gasteiger partial charge in [-0.2, -0.15) is 13.2 Å². The van der Waals surface area contributed by atoms with Gasteiger partial charge in [0.25, 0.3) is 0 Å². The van der Waals surface area contributed by atoms with Gasteiger partial charge in [-0.1, -0.05) is 18.2 Å². The Morgan fingerprint density at radius 2 is 1.68 bits per heavy atom. The fraction of sp³-hybridized carbons (Fsp3) is 0.467. The molecule has 4 nitrogen and oxygen atoms in total. The number of carbonyl (C=O) groups is 2. The van der Waals surface area contributed by atoms with E-state index in [2.05, 4.69) is 0 Å². The third kappa shape index (κ3) is 3.58. The standard InChI is InChI=1S/C15H17F3N2O2/c1-19(12-5-3-2-4-6-12)13(21)11-7-9-20(10-8-11)14(22)15(16,17)18/h2-6,11H,7-10H2,1H3. The van der Waals surface area contributed by atoms with Gasteiger partial charge in [0, 0.05) is 31.7 Å². The van der Waals surface area contributed by atoms with Crippen molar-refractivity contribution in [3.05, 3.63) is 30.3 Å². The number of hydrogen-bond donors (Lipinski definition) is 0. The molecule has 1 heterocycles. The zero-order chi connectivity index (χ0) is 16.3.